The van der Waals surface area contributed by atoms with Gasteiger partial charge in [0.2, 0.25) is 0 Å². The first-order chi connectivity index (χ1) is 31.3. The van der Waals surface area contributed by atoms with Crippen molar-refractivity contribution in [2.75, 3.05) is 0 Å². The number of halogens is 6. The number of unbranched alkanes of at least 4 members (excludes halogenated alkanes) is 3. The third-order valence-corrected chi connectivity index (χ3v) is 9.43. The normalized spacial score (nSPS) is 11.3. The van der Waals surface area contributed by atoms with Gasteiger partial charge in [-0.2, -0.15) is 31.5 Å². The summed E-state index contributed by atoms with van der Waals surface area (Å²) >= 11 is 5.34. The summed E-state index contributed by atoms with van der Waals surface area (Å²) in [6.07, 6.45) is 8.36. The largest absolute Gasteiger partial charge is 2.00 e. The molecule has 342 valence electrons. The van der Waals surface area contributed by atoms with Crippen LogP contribution in [0.2, 0.25) is 0 Å². The third-order valence-electron chi connectivity index (χ3n) is 8.42. The first-order valence-electron chi connectivity index (χ1n) is 18.8. The van der Waals surface area contributed by atoms with Gasteiger partial charge in [-0.25, -0.2) is 4.98 Å². The molecule has 6 rings (SSSR count). The molecule has 0 fully saturated rings. The Balaban J connectivity index is 0.000000340. The Bertz CT molecular complexity index is 2600. The van der Waals surface area contributed by atoms with Gasteiger partial charge in [-0.15, -0.1) is 11.3 Å². The molecule has 13 nitrogen and oxygen atoms in total. The molecule has 6 heterocycles. The van der Waals surface area contributed by atoms with Crippen molar-refractivity contribution in [1.82, 2.24) is 30.1 Å². The number of isothiocyanates is 1. The number of aryl methyl sites for hydroxylation is 1. The molecular formula is C44H33F6N7O6RuS2. The SMILES string of the molecule is CCCCCCc1ccsc1-c1ccnc(-c2cc(C(F)(F)F)n[n-]2)c1.O=CO/C(F)=C/c1ccnc(-c2cc(/C=C(\F)OC=O)cc(-c3cc(/C=C(\F)OC=O)ccn3)n2)c1.[N-]=C=S.[Ru+2]. The smallest absolute Gasteiger partial charge is 0.753 e. The molecule has 0 bridgehead atoms. The Labute approximate surface area is 395 Å². The Morgan fingerprint density at radius 3 is 1.73 bits per heavy atom. The molecule has 0 spiro atoms. The van der Waals surface area contributed by atoms with E-state index in [4.69, 9.17) is 5.41 Å². The molecule has 0 amide bonds. The number of nitrogens with zero attached hydrogens (tertiary/aromatic N) is 7. The van der Waals surface area contributed by atoms with Crippen molar-refractivity contribution in [1.29, 1.82) is 0 Å². The summed E-state index contributed by atoms with van der Waals surface area (Å²) in [5.74, 6) is 0. The van der Waals surface area contributed by atoms with E-state index in [0.29, 0.717) is 5.69 Å². The molecule has 0 atom stereocenters. The summed E-state index contributed by atoms with van der Waals surface area (Å²) in [6, 6.07) is 11.7. The zero-order chi connectivity index (χ0) is 47.2. The van der Waals surface area contributed by atoms with Gasteiger partial charge in [0.25, 0.3) is 37.5 Å². The van der Waals surface area contributed by atoms with Crippen LogP contribution in [0.15, 0.2) is 103 Å². The van der Waals surface area contributed by atoms with Crippen LogP contribution in [-0.2, 0) is 60.7 Å². The summed E-state index contributed by atoms with van der Waals surface area (Å²) in [5, 5.41) is 17.4. The van der Waals surface area contributed by atoms with Crippen LogP contribution in [0.5, 0.6) is 0 Å². The standard InChI is InChI=1S/C24H14F3N3O6.C19H19F3N3S.CNS.Ru/c25-22(34-12-31)9-15-1-3-28-18(5-15)20-7-17(11-24(27)36-14-33)8-21(30-20)19-6-16(2-4-29-19)10-23(26)35-13-32;1-2-3-4-5-6-13-8-10-26-18(13)14-7-9-23-15(11-14)16-12-17(25-24-16)19(20,21)22;2-1-3;/h1-14H;7-12H,2-6H2,1H3;;/q;2*-1;+2/b22-9+,23-10+,24-11+;;;. The van der Waals surface area contributed by atoms with Crippen LogP contribution in [0.1, 0.15) is 60.6 Å². The van der Waals surface area contributed by atoms with Gasteiger partial charge in [-0.3, -0.25) is 29.3 Å². The molecule has 66 heavy (non-hydrogen) atoms. The van der Waals surface area contributed by atoms with Crippen LogP contribution in [0.25, 0.3) is 68.2 Å². The number of carbonyl (C=O) groups is 3. The average Bonchev–Trinajstić information content (AvgIpc) is 3.98. The maximum atomic E-state index is 13.9. The zero-order valence-electron chi connectivity index (χ0n) is 34.1. The van der Waals surface area contributed by atoms with Crippen LogP contribution in [-0.4, -0.2) is 49.6 Å². The van der Waals surface area contributed by atoms with Gasteiger partial charge < -0.3 is 29.8 Å². The number of ether oxygens (including phenoxy) is 3. The minimum Gasteiger partial charge on any atom is -0.753 e. The van der Waals surface area contributed by atoms with E-state index in [0.717, 1.165) is 47.6 Å². The number of thiophene rings is 1. The average molecular weight is 1030 g/mol. The predicted molar refractivity (Wildman–Crippen MR) is 232 cm³/mol. The number of hydrogen-bond acceptors (Lipinski definition) is 13. The predicted octanol–water partition coefficient (Wildman–Crippen LogP) is 11.2. The second-order valence-corrected chi connectivity index (χ2v) is 13.9. The molecule has 0 aromatic carbocycles. The molecular weight excluding hydrogens is 1000 g/mol. The molecule has 0 aliphatic rings. The number of thiocarbonyl (C=S) groups is 1. The topological polar surface area (TPSA) is 180 Å². The van der Waals surface area contributed by atoms with E-state index < -0.39 is 29.9 Å². The fourth-order valence-corrected chi connectivity index (χ4v) is 6.64. The van der Waals surface area contributed by atoms with Gasteiger partial charge in [-0.1, -0.05) is 44.1 Å². The van der Waals surface area contributed by atoms with Gasteiger partial charge in [-0.05, 0) is 107 Å². The minimum atomic E-state index is -4.50. The summed E-state index contributed by atoms with van der Waals surface area (Å²) in [6.45, 7) is 1.96. The number of pyridine rings is 4. The Morgan fingerprint density at radius 2 is 1.23 bits per heavy atom. The Hall–Kier alpha value is -6.86. The molecule has 6 aromatic rings. The summed E-state index contributed by atoms with van der Waals surface area (Å²) in [5.41, 5.74) is 3.31. The molecule has 22 heteroatoms. The van der Waals surface area contributed by atoms with Crippen LogP contribution in [0.4, 0.5) is 26.3 Å². The van der Waals surface area contributed by atoms with E-state index in [1.807, 2.05) is 6.07 Å². The van der Waals surface area contributed by atoms with Crippen LogP contribution in [0.3, 0.4) is 0 Å². The minimum absolute atomic E-state index is 0. The van der Waals surface area contributed by atoms with E-state index >= 15 is 0 Å². The van der Waals surface area contributed by atoms with Crippen molar-refractivity contribution in [3.63, 3.8) is 0 Å². The van der Waals surface area contributed by atoms with Gasteiger partial charge in [0.1, 0.15) is 5.69 Å². The van der Waals surface area contributed by atoms with E-state index in [1.165, 1.54) is 78.8 Å². The van der Waals surface area contributed by atoms with Crippen molar-refractivity contribution in [3.8, 4) is 44.6 Å². The number of carbonyl (C=O) groups excluding carboxylic acids is 3. The zero-order valence-corrected chi connectivity index (χ0v) is 37.5. The second kappa shape index (κ2) is 27.5. The first kappa shape index (κ1) is 53.5. The van der Waals surface area contributed by atoms with Crippen LogP contribution in [0, 0.1) is 0 Å². The molecule has 0 N–H and O–H groups in total. The van der Waals surface area contributed by atoms with Crippen LogP contribution >= 0.6 is 23.6 Å². The van der Waals surface area contributed by atoms with Crippen molar-refractivity contribution < 1.29 is 74.4 Å². The quantitative estimate of drug-likeness (QED) is 0.0116. The van der Waals surface area contributed by atoms with Crippen molar-refractivity contribution >= 4 is 66.4 Å². The number of hydrogen-bond donors (Lipinski definition) is 0. The second-order valence-electron chi connectivity index (χ2n) is 12.8. The molecule has 0 saturated carbocycles. The Morgan fingerprint density at radius 1 is 0.727 bits per heavy atom. The van der Waals surface area contributed by atoms with E-state index in [2.05, 4.69) is 74.9 Å². The summed E-state index contributed by atoms with van der Waals surface area (Å²) < 4.78 is 91.7. The maximum absolute atomic E-state index is 13.9. The number of aromatic nitrogens is 6. The van der Waals surface area contributed by atoms with Crippen molar-refractivity contribution in [2.45, 2.75) is 45.2 Å². The molecule has 0 aliphatic carbocycles. The fraction of sp³-hybridized carbons (Fsp3) is 0.159. The van der Waals surface area contributed by atoms with E-state index in [-0.39, 0.29) is 84.1 Å². The van der Waals surface area contributed by atoms with Gasteiger partial charge in [0.05, 0.1) is 28.5 Å². The third kappa shape index (κ3) is 16.9. The van der Waals surface area contributed by atoms with Crippen molar-refractivity contribution in [3.05, 3.63) is 136 Å². The van der Waals surface area contributed by atoms with Gasteiger partial charge in [0, 0.05) is 41.7 Å². The summed E-state index contributed by atoms with van der Waals surface area (Å²) in [7, 11) is 0. The van der Waals surface area contributed by atoms with Gasteiger partial charge >= 0.3 is 25.7 Å². The first-order valence-corrected chi connectivity index (χ1v) is 20.1. The molecule has 6 aromatic heterocycles. The fourth-order valence-electron chi connectivity index (χ4n) is 5.68. The monoisotopic (exact) mass is 1040 g/mol. The van der Waals surface area contributed by atoms with E-state index in [9.17, 15) is 40.7 Å². The van der Waals surface area contributed by atoms with Gasteiger partial charge in [0.15, 0.2) is 0 Å². The number of rotatable bonds is 18. The Kier molecular flexibility index (Phi) is 22.3. The molecule has 0 unspecified atom stereocenters. The van der Waals surface area contributed by atoms with E-state index in [1.54, 1.807) is 23.6 Å². The van der Waals surface area contributed by atoms with Crippen LogP contribution < -0.4 is 5.10 Å². The number of alkyl halides is 3. The maximum Gasteiger partial charge on any atom is 2.00 e. The molecule has 0 aliphatic heterocycles. The molecule has 0 saturated heterocycles. The summed E-state index contributed by atoms with van der Waals surface area (Å²) in [4.78, 5) is 49.2. The molecule has 0 radical (unpaired) electrons. The van der Waals surface area contributed by atoms with Crippen molar-refractivity contribution in [2.24, 2.45) is 0 Å².